The summed E-state index contributed by atoms with van der Waals surface area (Å²) in [7, 11) is 0. The summed E-state index contributed by atoms with van der Waals surface area (Å²) in [6.45, 7) is 10.8. The van der Waals surface area contributed by atoms with Crippen LogP contribution in [-0.4, -0.2) is 35.8 Å². The van der Waals surface area contributed by atoms with E-state index in [2.05, 4.69) is 6.07 Å². The van der Waals surface area contributed by atoms with E-state index in [1.165, 1.54) is 0 Å². The maximum absolute atomic E-state index is 12.6. The van der Waals surface area contributed by atoms with Crippen molar-refractivity contribution in [1.82, 2.24) is 4.90 Å². The van der Waals surface area contributed by atoms with E-state index in [0.717, 1.165) is 16.8 Å². The van der Waals surface area contributed by atoms with Gasteiger partial charge in [-0.25, -0.2) is 0 Å². The first-order chi connectivity index (χ1) is 9.81. The predicted molar refractivity (Wildman–Crippen MR) is 84.3 cm³/mol. The maximum atomic E-state index is 12.6. The Morgan fingerprint density at radius 2 is 1.71 bits per heavy atom. The lowest BCUT2D eigenvalue weighted by Gasteiger charge is -2.40. The quantitative estimate of drug-likeness (QED) is 0.839. The Hall–Kier alpha value is -1.84. The fourth-order valence-corrected chi connectivity index (χ4v) is 2.87. The number of amides is 2. The van der Waals surface area contributed by atoms with Crippen molar-refractivity contribution in [2.45, 2.75) is 40.7 Å². The van der Waals surface area contributed by atoms with Crippen LogP contribution in [0.5, 0.6) is 0 Å². The van der Waals surface area contributed by atoms with Gasteiger partial charge in [-0.2, -0.15) is 0 Å². The van der Waals surface area contributed by atoms with Gasteiger partial charge in [0.1, 0.15) is 6.04 Å². The fourth-order valence-electron chi connectivity index (χ4n) is 2.87. The Morgan fingerprint density at radius 3 is 2.24 bits per heavy atom. The highest BCUT2D eigenvalue weighted by molar-refractivity contribution is 6.00. The van der Waals surface area contributed by atoms with Crippen LogP contribution in [0.3, 0.4) is 0 Å². The largest absolute Gasteiger partial charge is 0.329 e. The first-order valence-electron chi connectivity index (χ1n) is 7.51. The van der Waals surface area contributed by atoms with Gasteiger partial charge in [0, 0.05) is 24.7 Å². The molecule has 1 heterocycles. The van der Waals surface area contributed by atoms with Crippen LogP contribution in [0.4, 0.5) is 5.69 Å². The molecule has 0 aromatic heterocycles. The van der Waals surface area contributed by atoms with Crippen LogP contribution in [-0.2, 0) is 9.59 Å². The van der Waals surface area contributed by atoms with E-state index < -0.39 is 6.04 Å². The number of hydrogen-bond donors (Lipinski definition) is 0. The zero-order chi connectivity index (χ0) is 15.7. The van der Waals surface area contributed by atoms with Crippen molar-refractivity contribution in [1.29, 1.82) is 0 Å². The number of nitrogens with zero attached hydrogens (tertiary/aromatic N) is 2. The van der Waals surface area contributed by atoms with Crippen molar-refractivity contribution >= 4 is 17.5 Å². The van der Waals surface area contributed by atoms with Crippen molar-refractivity contribution in [2.24, 2.45) is 5.92 Å². The van der Waals surface area contributed by atoms with Crippen LogP contribution in [0.2, 0.25) is 0 Å². The third-order valence-electron chi connectivity index (χ3n) is 3.95. The van der Waals surface area contributed by atoms with Crippen LogP contribution < -0.4 is 4.90 Å². The fraction of sp³-hybridized carbons (Fsp3) is 0.529. The number of rotatable bonds is 2. The second kappa shape index (κ2) is 5.88. The minimum Gasteiger partial charge on any atom is -0.329 e. The molecular formula is C17H24N2O2. The molecule has 21 heavy (non-hydrogen) atoms. The van der Waals surface area contributed by atoms with Crippen molar-refractivity contribution in [3.63, 3.8) is 0 Å². The Kier molecular flexibility index (Phi) is 4.35. The number of hydrogen-bond acceptors (Lipinski definition) is 2. The van der Waals surface area contributed by atoms with Gasteiger partial charge in [-0.1, -0.05) is 19.9 Å². The van der Waals surface area contributed by atoms with E-state index in [4.69, 9.17) is 0 Å². The molecule has 4 heteroatoms. The molecule has 0 unspecified atom stereocenters. The number of carbonyl (C=O) groups excluding carboxylic acids is 2. The molecule has 0 bridgehead atoms. The summed E-state index contributed by atoms with van der Waals surface area (Å²) in [5.41, 5.74) is 3.22. The molecule has 1 aliphatic rings. The van der Waals surface area contributed by atoms with Gasteiger partial charge in [0.05, 0.1) is 0 Å². The van der Waals surface area contributed by atoms with Gasteiger partial charge in [-0.05, 0) is 44.0 Å². The van der Waals surface area contributed by atoms with Crippen LogP contribution in [0, 0.1) is 19.8 Å². The van der Waals surface area contributed by atoms with Gasteiger partial charge in [0.15, 0.2) is 0 Å². The summed E-state index contributed by atoms with van der Waals surface area (Å²) in [5.74, 6) is -0.0239. The summed E-state index contributed by atoms with van der Waals surface area (Å²) in [4.78, 5) is 28.3. The molecule has 1 saturated heterocycles. The molecular weight excluding hydrogens is 264 g/mol. The van der Waals surface area contributed by atoms with E-state index in [1.54, 1.807) is 9.80 Å². The summed E-state index contributed by atoms with van der Waals surface area (Å²) >= 11 is 0. The molecule has 2 rings (SSSR count). The van der Waals surface area contributed by atoms with E-state index in [1.807, 2.05) is 46.8 Å². The molecule has 0 aliphatic carbocycles. The van der Waals surface area contributed by atoms with Gasteiger partial charge < -0.3 is 9.80 Å². The van der Waals surface area contributed by atoms with Crippen molar-refractivity contribution < 1.29 is 9.59 Å². The molecule has 0 saturated carbocycles. The monoisotopic (exact) mass is 288 g/mol. The summed E-state index contributed by atoms with van der Waals surface area (Å²) in [6, 6.07) is 5.75. The Morgan fingerprint density at radius 1 is 1.14 bits per heavy atom. The molecule has 0 N–H and O–H groups in total. The molecule has 1 aromatic rings. The maximum Gasteiger partial charge on any atom is 0.249 e. The molecule has 2 amide bonds. The molecule has 1 aromatic carbocycles. The third-order valence-corrected chi connectivity index (χ3v) is 3.95. The van der Waals surface area contributed by atoms with Crippen molar-refractivity contribution in [2.75, 3.05) is 18.0 Å². The Bertz CT molecular complexity index is 546. The Balaban J connectivity index is 2.23. The number of anilines is 1. The van der Waals surface area contributed by atoms with E-state index >= 15 is 0 Å². The van der Waals surface area contributed by atoms with Crippen LogP contribution in [0.1, 0.15) is 31.9 Å². The van der Waals surface area contributed by atoms with Crippen molar-refractivity contribution in [3.8, 4) is 0 Å². The third kappa shape index (κ3) is 3.09. The number of aryl methyl sites for hydroxylation is 2. The minimum absolute atomic E-state index is 0.000231. The van der Waals surface area contributed by atoms with Crippen LogP contribution >= 0.6 is 0 Å². The summed E-state index contributed by atoms with van der Waals surface area (Å²) in [6.07, 6.45) is 0. The van der Waals surface area contributed by atoms with Gasteiger partial charge in [-0.3, -0.25) is 9.59 Å². The standard InChI is InChI=1S/C17H24N2O2/c1-11(2)16(20)18-6-7-19(17(21)14(18)5)15-9-12(3)8-13(4)10-15/h8-11,14H,6-7H2,1-5H3/t14-/m0/s1. The van der Waals surface area contributed by atoms with Gasteiger partial charge >= 0.3 is 0 Å². The molecule has 114 valence electrons. The first kappa shape index (κ1) is 15.5. The molecule has 1 aliphatic heterocycles. The second-order valence-corrected chi connectivity index (χ2v) is 6.20. The lowest BCUT2D eigenvalue weighted by molar-refractivity contribution is -0.143. The molecule has 4 nitrogen and oxygen atoms in total. The van der Waals surface area contributed by atoms with Gasteiger partial charge in [0.2, 0.25) is 11.8 Å². The van der Waals surface area contributed by atoms with E-state index in [0.29, 0.717) is 13.1 Å². The number of benzene rings is 1. The highest BCUT2D eigenvalue weighted by Gasteiger charge is 2.35. The van der Waals surface area contributed by atoms with Gasteiger partial charge in [-0.15, -0.1) is 0 Å². The average molecular weight is 288 g/mol. The average Bonchev–Trinajstić information content (AvgIpc) is 2.39. The van der Waals surface area contributed by atoms with Gasteiger partial charge in [0.25, 0.3) is 0 Å². The van der Waals surface area contributed by atoms with Crippen molar-refractivity contribution in [3.05, 3.63) is 29.3 Å². The zero-order valence-electron chi connectivity index (χ0n) is 13.5. The molecule has 1 atom stereocenters. The smallest absolute Gasteiger partial charge is 0.249 e. The van der Waals surface area contributed by atoms with Crippen LogP contribution in [0.15, 0.2) is 18.2 Å². The molecule has 1 fully saturated rings. The zero-order valence-corrected chi connectivity index (χ0v) is 13.5. The molecule has 0 radical (unpaired) electrons. The lowest BCUT2D eigenvalue weighted by atomic mass is 10.1. The summed E-state index contributed by atoms with van der Waals surface area (Å²) < 4.78 is 0. The topological polar surface area (TPSA) is 40.6 Å². The minimum atomic E-state index is -0.394. The molecule has 0 spiro atoms. The number of piperazine rings is 1. The number of carbonyl (C=O) groups is 2. The predicted octanol–water partition coefficient (Wildman–Crippen LogP) is 2.52. The Labute approximate surface area is 126 Å². The summed E-state index contributed by atoms with van der Waals surface area (Å²) in [5, 5.41) is 0. The highest BCUT2D eigenvalue weighted by atomic mass is 16.2. The SMILES string of the molecule is Cc1cc(C)cc(N2CCN(C(=O)C(C)C)[C@@H](C)C2=O)c1. The normalized spacial score (nSPS) is 19.3. The first-order valence-corrected chi connectivity index (χ1v) is 7.51. The lowest BCUT2D eigenvalue weighted by Crippen LogP contribution is -2.58. The van der Waals surface area contributed by atoms with E-state index in [-0.39, 0.29) is 17.7 Å². The highest BCUT2D eigenvalue weighted by Crippen LogP contribution is 2.23. The second-order valence-electron chi connectivity index (χ2n) is 6.20. The van der Waals surface area contributed by atoms with E-state index in [9.17, 15) is 9.59 Å². The van der Waals surface area contributed by atoms with Crippen LogP contribution in [0.25, 0.3) is 0 Å².